The molecule has 0 saturated heterocycles. The summed E-state index contributed by atoms with van der Waals surface area (Å²) in [7, 11) is 1.58. The maximum Gasteiger partial charge on any atom is 0.328 e. The van der Waals surface area contributed by atoms with Crippen molar-refractivity contribution < 1.29 is 24.2 Å². The van der Waals surface area contributed by atoms with Crippen LogP contribution >= 0.6 is 0 Å². The number of nitrogens with one attached hydrogen (secondary N) is 1. The molecule has 3 aromatic rings. The SMILES string of the molecule is COc1ccc(/C=C\C(=O)O)c(OCc2cn(-c3ccc(NC(C)=O)cc3)nn2)c1CC=C(C)C. The number of rotatable bonds is 10. The van der Waals surface area contributed by atoms with Gasteiger partial charge in [-0.2, -0.15) is 0 Å². The van der Waals surface area contributed by atoms with Gasteiger partial charge in [-0.1, -0.05) is 16.9 Å². The Morgan fingerprint density at radius 1 is 1.11 bits per heavy atom. The molecule has 1 heterocycles. The van der Waals surface area contributed by atoms with Crippen molar-refractivity contribution in [2.24, 2.45) is 0 Å². The second kappa shape index (κ2) is 11.6. The lowest BCUT2D eigenvalue weighted by atomic mass is 10.0. The van der Waals surface area contributed by atoms with Crippen molar-refractivity contribution in [1.29, 1.82) is 0 Å². The molecule has 0 aliphatic carbocycles. The van der Waals surface area contributed by atoms with Gasteiger partial charge >= 0.3 is 5.97 Å². The number of anilines is 1. The average molecular weight is 477 g/mol. The second-order valence-electron chi connectivity index (χ2n) is 7.99. The standard InChI is InChI=1S/C26H28N4O5/c1-17(2)5-12-23-24(34-4)13-6-19(7-14-25(32)33)26(23)35-16-21-15-30(29-28-21)22-10-8-20(9-11-22)27-18(3)31/h5-11,13-15H,12,16H2,1-4H3,(H,27,31)(H,32,33)/b14-7-. The molecular formula is C26H28N4O5. The quantitative estimate of drug-likeness (QED) is 0.329. The molecule has 0 radical (unpaired) electrons. The Hall–Kier alpha value is -4.40. The van der Waals surface area contributed by atoms with E-state index < -0.39 is 5.97 Å². The number of benzene rings is 2. The normalized spacial score (nSPS) is 10.7. The Kier molecular flexibility index (Phi) is 8.39. The second-order valence-corrected chi connectivity index (χ2v) is 7.99. The summed E-state index contributed by atoms with van der Waals surface area (Å²) < 4.78 is 13.3. The summed E-state index contributed by atoms with van der Waals surface area (Å²) >= 11 is 0. The number of hydrogen-bond donors (Lipinski definition) is 2. The Bertz CT molecular complexity index is 1260. The highest BCUT2D eigenvalue weighted by Gasteiger charge is 2.15. The van der Waals surface area contributed by atoms with Crippen molar-refractivity contribution in [3.8, 4) is 17.2 Å². The number of amides is 1. The number of carbonyl (C=O) groups is 2. The van der Waals surface area contributed by atoms with Gasteiger partial charge in [0.2, 0.25) is 5.91 Å². The molecule has 0 saturated carbocycles. The van der Waals surface area contributed by atoms with Crippen LogP contribution in [0.2, 0.25) is 0 Å². The largest absolute Gasteiger partial charge is 0.496 e. The molecule has 0 bridgehead atoms. The average Bonchev–Trinajstić information content (AvgIpc) is 3.29. The van der Waals surface area contributed by atoms with Gasteiger partial charge in [-0.05, 0) is 62.7 Å². The lowest BCUT2D eigenvalue weighted by molar-refractivity contribution is -0.131. The third-order valence-corrected chi connectivity index (χ3v) is 4.95. The molecule has 0 aliphatic rings. The van der Waals surface area contributed by atoms with Crippen LogP contribution in [-0.4, -0.2) is 39.1 Å². The molecule has 2 aromatic carbocycles. The highest BCUT2D eigenvalue weighted by molar-refractivity contribution is 5.88. The minimum atomic E-state index is -1.05. The third-order valence-electron chi connectivity index (χ3n) is 4.95. The molecule has 35 heavy (non-hydrogen) atoms. The van der Waals surface area contributed by atoms with E-state index in [0.29, 0.717) is 34.9 Å². The van der Waals surface area contributed by atoms with Gasteiger partial charge in [0.15, 0.2) is 0 Å². The van der Waals surface area contributed by atoms with Gasteiger partial charge in [0, 0.05) is 29.8 Å². The third kappa shape index (κ3) is 7.04. The van der Waals surface area contributed by atoms with Crippen LogP contribution in [0.4, 0.5) is 5.69 Å². The lowest BCUT2D eigenvalue weighted by Crippen LogP contribution is -2.05. The molecule has 0 aliphatic heterocycles. The Balaban J connectivity index is 1.86. The van der Waals surface area contributed by atoms with E-state index in [9.17, 15) is 9.59 Å². The van der Waals surface area contributed by atoms with Gasteiger partial charge in [-0.3, -0.25) is 4.79 Å². The van der Waals surface area contributed by atoms with E-state index in [1.54, 1.807) is 42.3 Å². The minimum Gasteiger partial charge on any atom is -0.496 e. The smallest absolute Gasteiger partial charge is 0.328 e. The summed E-state index contributed by atoms with van der Waals surface area (Å²) in [5.41, 5.74) is 4.60. The van der Waals surface area contributed by atoms with Crippen LogP contribution < -0.4 is 14.8 Å². The maximum absolute atomic E-state index is 11.2. The molecule has 0 fully saturated rings. The van der Waals surface area contributed by atoms with Gasteiger partial charge < -0.3 is 19.9 Å². The highest BCUT2D eigenvalue weighted by atomic mass is 16.5. The van der Waals surface area contributed by atoms with Gasteiger partial charge in [0.25, 0.3) is 0 Å². The van der Waals surface area contributed by atoms with E-state index >= 15 is 0 Å². The van der Waals surface area contributed by atoms with Crippen LogP contribution in [-0.2, 0) is 22.6 Å². The fourth-order valence-corrected chi connectivity index (χ4v) is 3.32. The van der Waals surface area contributed by atoms with Crippen molar-refractivity contribution >= 4 is 23.6 Å². The molecular weight excluding hydrogens is 448 g/mol. The van der Waals surface area contributed by atoms with E-state index in [-0.39, 0.29) is 12.5 Å². The van der Waals surface area contributed by atoms with Gasteiger partial charge in [-0.15, -0.1) is 5.10 Å². The van der Waals surface area contributed by atoms with Crippen LogP contribution in [0, 0.1) is 0 Å². The van der Waals surface area contributed by atoms with E-state index in [0.717, 1.165) is 22.9 Å². The van der Waals surface area contributed by atoms with Crippen LogP contribution in [0.25, 0.3) is 11.8 Å². The minimum absolute atomic E-state index is 0.118. The fourth-order valence-electron chi connectivity index (χ4n) is 3.32. The molecule has 0 spiro atoms. The zero-order valence-electron chi connectivity index (χ0n) is 20.1. The number of methoxy groups -OCH3 is 1. The number of aromatic nitrogens is 3. The number of allylic oxidation sites excluding steroid dienone is 2. The van der Waals surface area contributed by atoms with E-state index in [4.69, 9.17) is 14.6 Å². The van der Waals surface area contributed by atoms with Crippen molar-refractivity contribution in [2.45, 2.75) is 33.8 Å². The van der Waals surface area contributed by atoms with Crippen molar-refractivity contribution in [1.82, 2.24) is 15.0 Å². The monoisotopic (exact) mass is 476 g/mol. The van der Waals surface area contributed by atoms with E-state index in [2.05, 4.69) is 21.7 Å². The first-order chi connectivity index (χ1) is 16.8. The zero-order chi connectivity index (χ0) is 25.4. The number of nitrogens with zero attached hydrogens (tertiary/aromatic N) is 3. The molecule has 9 nitrogen and oxygen atoms in total. The molecule has 0 atom stereocenters. The Morgan fingerprint density at radius 2 is 1.86 bits per heavy atom. The van der Waals surface area contributed by atoms with Crippen LogP contribution in [0.1, 0.15) is 37.6 Å². The summed E-state index contributed by atoms with van der Waals surface area (Å²) in [6, 6.07) is 10.7. The molecule has 9 heteroatoms. The van der Waals surface area contributed by atoms with E-state index in [1.165, 1.54) is 13.0 Å². The number of aliphatic carboxylic acids is 1. The first-order valence-electron chi connectivity index (χ1n) is 10.9. The lowest BCUT2D eigenvalue weighted by Gasteiger charge is -2.16. The number of hydrogen-bond acceptors (Lipinski definition) is 6. The van der Waals surface area contributed by atoms with Gasteiger partial charge in [-0.25, -0.2) is 9.48 Å². The van der Waals surface area contributed by atoms with Gasteiger partial charge in [0.05, 0.1) is 19.0 Å². The summed E-state index contributed by atoms with van der Waals surface area (Å²) in [6.07, 6.45) is 6.92. The number of carboxylic acid groups (broad SMARTS) is 1. The molecule has 0 unspecified atom stereocenters. The molecule has 182 valence electrons. The number of ether oxygens (including phenoxy) is 2. The molecule has 3 rings (SSSR count). The molecule has 1 aromatic heterocycles. The molecule has 2 N–H and O–H groups in total. The summed E-state index contributed by atoms with van der Waals surface area (Å²) in [5.74, 6) is -0.0245. The Labute approximate surface area is 203 Å². The first-order valence-corrected chi connectivity index (χ1v) is 10.9. The van der Waals surface area contributed by atoms with Gasteiger partial charge in [0.1, 0.15) is 23.8 Å². The topological polar surface area (TPSA) is 116 Å². The van der Waals surface area contributed by atoms with Crippen LogP contribution in [0.5, 0.6) is 11.5 Å². The van der Waals surface area contributed by atoms with Crippen molar-refractivity contribution in [3.05, 3.63) is 77.1 Å². The number of carbonyl (C=O) groups excluding carboxylic acids is 1. The fraction of sp³-hybridized carbons (Fsp3) is 0.231. The summed E-state index contributed by atoms with van der Waals surface area (Å²) in [5, 5.41) is 20.2. The molecule has 1 amide bonds. The van der Waals surface area contributed by atoms with Crippen LogP contribution in [0.15, 0.2) is 60.3 Å². The van der Waals surface area contributed by atoms with Crippen molar-refractivity contribution in [3.63, 3.8) is 0 Å². The summed E-state index contributed by atoms with van der Waals surface area (Å²) in [4.78, 5) is 22.3. The zero-order valence-corrected chi connectivity index (χ0v) is 20.1. The predicted molar refractivity (Wildman–Crippen MR) is 133 cm³/mol. The summed E-state index contributed by atoms with van der Waals surface area (Å²) in [6.45, 7) is 5.57. The van der Waals surface area contributed by atoms with Crippen molar-refractivity contribution in [2.75, 3.05) is 12.4 Å². The Morgan fingerprint density at radius 3 is 2.49 bits per heavy atom. The predicted octanol–water partition coefficient (Wildman–Crippen LogP) is 4.42. The van der Waals surface area contributed by atoms with Crippen LogP contribution in [0.3, 0.4) is 0 Å². The maximum atomic E-state index is 11.2. The highest BCUT2D eigenvalue weighted by Crippen LogP contribution is 2.35. The van der Waals surface area contributed by atoms with E-state index in [1.807, 2.05) is 26.0 Å². The number of carboxylic acids is 1. The first kappa shape index (κ1) is 25.2.